The van der Waals surface area contributed by atoms with Crippen molar-refractivity contribution in [2.24, 2.45) is 7.05 Å². The van der Waals surface area contributed by atoms with Crippen LogP contribution in [-0.2, 0) is 19.9 Å². The average Bonchev–Trinajstić information content (AvgIpc) is 2.77. The van der Waals surface area contributed by atoms with E-state index >= 15 is 0 Å². The van der Waals surface area contributed by atoms with Crippen LogP contribution in [0, 0.1) is 5.82 Å². The van der Waals surface area contributed by atoms with Crippen molar-refractivity contribution in [3.63, 3.8) is 0 Å². The number of hydrogen-bond acceptors (Lipinski definition) is 2. The van der Waals surface area contributed by atoms with Crippen LogP contribution in [-0.4, -0.2) is 22.9 Å². The first-order valence-electron chi connectivity index (χ1n) is 6.06. The molecule has 3 nitrogen and oxygen atoms in total. The van der Waals surface area contributed by atoms with Gasteiger partial charge in [0.15, 0.2) is 0 Å². The zero-order valence-electron chi connectivity index (χ0n) is 10.7. The lowest BCUT2D eigenvalue weighted by Crippen LogP contribution is -2.29. The fourth-order valence-corrected chi connectivity index (χ4v) is 2.04. The van der Waals surface area contributed by atoms with Crippen molar-refractivity contribution in [3.05, 3.63) is 53.6 Å². The summed E-state index contributed by atoms with van der Waals surface area (Å²) in [6.07, 6.45) is 5.71. The zero-order valence-corrected chi connectivity index (χ0v) is 10.7. The van der Waals surface area contributed by atoms with Gasteiger partial charge in [0.1, 0.15) is 5.82 Å². The summed E-state index contributed by atoms with van der Waals surface area (Å²) in [5, 5.41) is 7.45. The highest BCUT2D eigenvalue weighted by Gasteiger charge is 2.09. The molecule has 1 atom stereocenters. The molecule has 1 aromatic heterocycles. The fourth-order valence-electron chi connectivity index (χ4n) is 2.04. The van der Waals surface area contributed by atoms with E-state index in [1.54, 1.807) is 4.68 Å². The van der Waals surface area contributed by atoms with E-state index in [0.29, 0.717) is 6.04 Å². The first kappa shape index (κ1) is 12.8. The molecule has 0 saturated heterocycles. The summed E-state index contributed by atoms with van der Waals surface area (Å²) in [5.41, 5.74) is 2.35. The molecule has 18 heavy (non-hydrogen) atoms. The topological polar surface area (TPSA) is 29.9 Å². The van der Waals surface area contributed by atoms with Crippen LogP contribution in [0.1, 0.15) is 11.1 Å². The number of likely N-dealkylation sites (N-methyl/N-ethyl adjacent to an activating group) is 1. The number of halogens is 1. The third kappa shape index (κ3) is 3.40. The van der Waals surface area contributed by atoms with Gasteiger partial charge in [-0.3, -0.25) is 4.68 Å². The smallest absolute Gasteiger partial charge is 0.123 e. The van der Waals surface area contributed by atoms with Gasteiger partial charge in [-0.1, -0.05) is 12.1 Å². The number of benzene rings is 1. The maximum absolute atomic E-state index is 12.8. The molecule has 0 bridgehead atoms. The third-order valence-corrected chi connectivity index (χ3v) is 3.04. The van der Waals surface area contributed by atoms with Gasteiger partial charge in [-0.15, -0.1) is 0 Å². The third-order valence-electron chi connectivity index (χ3n) is 3.04. The summed E-state index contributed by atoms with van der Waals surface area (Å²) in [6.45, 7) is 0. The lowest BCUT2D eigenvalue weighted by molar-refractivity contribution is 0.555. The van der Waals surface area contributed by atoms with Gasteiger partial charge in [0, 0.05) is 19.3 Å². The molecule has 2 aromatic rings. The Morgan fingerprint density at radius 2 is 1.89 bits per heavy atom. The Hall–Kier alpha value is -1.68. The van der Waals surface area contributed by atoms with Crippen LogP contribution >= 0.6 is 0 Å². The molecular weight excluding hydrogens is 229 g/mol. The number of aromatic nitrogens is 2. The van der Waals surface area contributed by atoms with Crippen molar-refractivity contribution in [1.82, 2.24) is 15.1 Å². The molecule has 0 aliphatic carbocycles. The van der Waals surface area contributed by atoms with Gasteiger partial charge >= 0.3 is 0 Å². The van der Waals surface area contributed by atoms with E-state index in [1.807, 2.05) is 38.6 Å². The lowest BCUT2D eigenvalue weighted by Gasteiger charge is -2.15. The van der Waals surface area contributed by atoms with Gasteiger partial charge in [-0.05, 0) is 43.1 Å². The van der Waals surface area contributed by atoms with Crippen molar-refractivity contribution in [3.8, 4) is 0 Å². The van der Waals surface area contributed by atoms with Crippen LogP contribution in [0.4, 0.5) is 4.39 Å². The highest BCUT2D eigenvalue weighted by atomic mass is 19.1. The Bertz CT molecular complexity index is 490. The van der Waals surface area contributed by atoms with Crippen LogP contribution in [0.5, 0.6) is 0 Å². The number of rotatable bonds is 5. The van der Waals surface area contributed by atoms with Gasteiger partial charge in [0.05, 0.1) is 6.20 Å². The van der Waals surface area contributed by atoms with Gasteiger partial charge in [0.2, 0.25) is 0 Å². The minimum atomic E-state index is -0.188. The molecule has 0 spiro atoms. The molecule has 0 fully saturated rings. The van der Waals surface area contributed by atoms with Crippen LogP contribution in [0.25, 0.3) is 0 Å². The maximum Gasteiger partial charge on any atom is 0.123 e. The summed E-state index contributed by atoms with van der Waals surface area (Å²) in [4.78, 5) is 0. The Labute approximate surface area is 107 Å². The number of hydrogen-bond donors (Lipinski definition) is 1. The molecule has 1 unspecified atom stereocenters. The fraction of sp³-hybridized carbons (Fsp3) is 0.357. The largest absolute Gasteiger partial charge is 0.316 e. The van der Waals surface area contributed by atoms with Crippen LogP contribution in [0.3, 0.4) is 0 Å². The molecule has 0 aliphatic rings. The zero-order chi connectivity index (χ0) is 13.0. The molecule has 1 aromatic carbocycles. The molecule has 0 radical (unpaired) electrons. The lowest BCUT2D eigenvalue weighted by atomic mass is 10.0. The van der Waals surface area contributed by atoms with Crippen molar-refractivity contribution in [1.29, 1.82) is 0 Å². The van der Waals surface area contributed by atoms with Crippen molar-refractivity contribution in [2.45, 2.75) is 18.9 Å². The number of aryl methyl sites for hydroxylation is 1. The van der Waals surface area contributed by atoms with E-state index in [4.69, 9.17) is 0 Å². The average molecular weight is 247 g/mol. The highest BCUT2D eigenvalue weighted by molar-refractivity contribution is 5.18. The maximum atomic E-state index is 12.8. The summed E-state index contributed by atoms with van der Waals surface area (Å²) < 4.78 is 14.6. The molecule has 0 amide bonds. The van der Waals surface area contributed by atoms with Crippen LogP contribution in [0.2, 0.25) is 0 Å². The van der Waals surface area contributed by atoms with Crippen LogP contribution < -0.4 is 5.32 Å². The predicted molar refractivity (Wildman–Crippen MR) is 69.9 cm³/mol. The van der Waals surface area contributed by atoms with Gasteiger partial charge in [0.25, 0.3) is 0 Å². The monoisotopic (exact) mass is 247 g/mol. The van der Waals surface area contributed by atoms with Gasteiger partial charge in [-0.2, -0.15) is 5.10 Å². The summed E-state index contributed by atoms with van der Waals surface area (Å²) in [5.74, 6) is -0.188. The van der Waals surface area contributed by atoms with E-state index in [0.717, 1.165) is 18.4 Å². The van der Waals surface area contributed by atoms with E-state index < -0.39 is 0 Å². The van der Waals surface area contributed by atoms with E-state index in [-0.39, 0.29) is 5.82 Å². The van der Waals surface area contributed by atoms with Gasteiger partial charge < -0.3 is 5.32 Å². The SMILES string of the molecule is CNC(Cc1ccc(F)cc1)Cc1cnn(C)c1. The summed E-state index contributed by atoms with van der Waals surface area (Å²) >= 11 is 0. The normalized spacial score (nSPS) is 12.6. The quantitative estimate of drug-likeness (QED) is 0.875. The number of nitrogens with zero attached hydrogens (tertiary/aromatic N) is 2. The molecule has 0 aliphatic heterocycles. The Morgan fingerprint density at radius 3 is 2.44 bits per heavy atom. The van der Waals surface area contributed by atoms with E-state index in [1.165, 1.54) is 17.7 Å². The molecule has 2 rings (SSSR count). The molecule has 4 heteroatoms. The molecule has 1 N–H and O–H groups in total. The molecule has 1 heterocycles. The molecule has 0 saturated carbocycles. The first-order chi connectivity index (χ1) is 8.67. The van der Waals surface area contributed by atoms with Crippen LogP contribution in [0.15, 0.2) is 36.7 Å². The molecule has 96 valence electrons. The minimum absolute atomic E-state index is 0.188. The Morgan fingerprint density at radius 1 is 1.22 bits per heavy atom. The second kappa shape index (κ2) is 5.78. The Balaban J connectivity index is 1.99. The van der Waals surface area contributed by atoms with E-state index in [9.17, 15) is 4.39 Å². The predicted octanol–water partition coefficient (Wildman–Crippen LogP) is 1.93. The summed E-state index contributed by atoms with van der Waals surface area (Å²) in [6, 6.07) is 7.02. The second-order valence-corrected chi connectivity index (χ2v) is 4.54. The van der Waals surface area contributed by atoms with E-state index in [2.05, 4.69) is 10.4 Å². The molecular formula is C14H18FN3. The number of nitrogens with one attached hydrogen (secondary N) is 1. The van der Waals surface area contributed by atoms with Crippen molar-refractivity contribution < 1.29 is 4.39 Å². The standard InChI is InChI=1S/C14H18FN3/c1-16-14(8-12-9-17-18(2)10-12)7-11-3-5-13(15)6-4-11/h3-6,9-10,14,16H,7-8H2,1-2H3. The first-order valence-corrected chi connectivity index (χ1v) is 6.06. The summed E-state index contributed by atoms with van der Waals surface area (Å²) in [7, 11) is 3.86. The minimum Gasteiger partial charge on any atom is -0.316 e. The Kier molecular flexibility index (Phi) is 4.10. The highest BCUT2D eigenvalue weighted by Crippen LogP contribution is 2.09. The van der Waals surface area contributed by atoms with Gasteiger partial charge in [-0.25, -0.2) is 4.39 Å². The van der Waals surface area contributed by atoms with Crippen molar-refractivity contribution in [2.75, 3.05) is 7.05 Å². The second-order valence-electron chi connectivity index (χ2n) is 4.54. The van der Waals surface area contributed by atoms with Crippen molar-refractivity contribution >= 4 is 0 Å².